The molecule has 2 aromatic carbocycles. The van der Waals surface area contributed by atoms with Gasteiger partial charge in [0.05, 0.1) is 77.4 Å². The second kappa shape index (κ2) is 47.6. The minimum absolute atomic E-state index is 0.0196. The number of likely N-dealkylation sites (N-methyl/N-ethyl adjacent to an activating group) is 1. The maximum Gasteiger partial charge on any atom is 0.309 e. The summed E-state index contributed by atoms with van der Waals surface area (Å²) in [6.07, 6.45) is 12.0. The number of likely N-dealkylation sites (tertiary alicyclic amines) is 1. The van der Waals surface area contributed by atoms with Gasteiger partial charge in [0, 0.05) is 91.8 Å². The lowest BCUT2D eigenvalue weighted by Crippen LogP contribution is -2.59. The zero-order valence-corrected chi connectivity index (χ0v) is 66.1. The van der Waals surface area contributed by atoms with Crippen LogP contribution >= 0.6 is 11.3 Å². The normalized spacial score (nSPS) is 15.9. The van der Waals surface area contributed by atoms with Crippen LogP contribution in [-0.2, 0) is 79.8 Å². The minimum atomic E-state index is -1.27. The molecule has 8 amide bonds. The van der Waals surface area contributed by atoms with Crippen molar-refractivity contribution in [1.29, 1.82) is 0 Å². The van der Waals surface area contributed by atoms with E-state index >= 15 is 4.79 Å². The van der Waals surface area contributed by atoms with E-state index in [4.69, 9.17) is 28.7 Å². The Morgan fingerprint density at radius 2 is 1.48 bits per heavy atom. The molecule has 1 aliphatic carbocycles. The summed E-state index contributed by atoms with van der Waals surface area (Å²) in [5.41, 5.74) is 3.49. The van der Waals surface area contributed by atoms with E-state index < -0.39 is 78.2 Å². The quantitative estimate of drug-likeness (QED) is 0.0193. The van der Waals surface area contributed by atoms with E-state index in [9.17, 15) is 53.4 Å². The average molecular weight is 1540 g/mol. The Hall–Kier alpha value is -8.43. The minimum Gasteiger partial charge on any atom is -0.481 e. The third-order valence-electron chi connectivity index (χ3n) is 19.7. The van der Waals surface area contributed by atoms with Crippen molar-refractivity contribution in [2.75, 3.05) is 98.0 Å². The number of nitrogens with zero attached hydrogens (tertiary/aromatic N) is 4. The molecule has 0 bridgehead atoms. The van der Waals surface area contributed by atoms with Crippen LogP contribution in [-0.4, -0.2) is 212 Å². The number of benzene rings is 2. The first-order chi connectivity index (χ1) is 52.3. The lowest BCUT2D eigenvalue weighted by Gasteiger charge is -2.40. The number of allylic oxidation sites excluding steroid dienone is 4. The molecule has 3 aromatic rings. The highest BCUT2D eigenvalue weighted by atomic mass is 32.1. The molecule has 3 heterocycles. The summed E-state index contributed by atoms with van der Waals surface area (Å²) in [5, 5.41) is 38.6. The number of carboxylic acid groups (broad SMARTS) is 2. The fourth-order valence-corrected chi connectivity index (χ4v) is 14.0. The third-order valence-corrected chi connectivity index (χ3v) is 20.6. The molecule has 1 aromatic heterocycles. The monoisotopic (exact) mass is 1530 g/mol. The summed E-state index contributed by atoms with van der Waals surface area (Å²) in [7, 11) is 1.96. The molecule has 109 heavy (non-hydrogen) atoms. The smallest absolute Gasteiger partial charge is 0.309 e. The number of nitrogens with one attached hydrogen (secondary N) is 6. The van der Waals surface area contributed by atoms with Crippen molar-refractivity contribution in [3.8, 4) is 11.8 Å². The third kappa shape index (κ3) is 30.8. The molecular formula is C81H118N10O17S. The van der Waals surface area contributed by atoms with Gasteiger partial charge in [-0.25, -0.2) is 4.98 Å². The van der Waals surface area contributed by atoms with Crippen LogP contribution in [0, 0.1) is 29.1 Å². The molecule has 0 saturated carbocycles. The number of aromatic nitrogens is 1. The van der Waals surface area contributed by atoms with Gasteiger partial charge in [-0.05, 0) is 133 Å². The Balaban J connectivity index is 0.898. The number of carbonyl (C=O) groups is 10. The Morgan fingerprint density at radius 1 is 0.771 bits per heavy atom. The van der Waals surface area contributed by atoms with E-state index in [0.717, 1.165) is 80.3 Å². The number of fused-ring (bicyclic) bond motifs is 1. The number of piperidine rings is 1. The predicted molar refractivity (Wildman–Crippen MR) is 415 cm³/mol. The first-order valence-electron chi connectivity index (χ1n) is 38.8. The zero-order valence-electron chi connectivity index (χ0n) is 65.3. The van der Waals surface area contributed by atoms with Crippen molar-refractivity contribution in [1.82, 2.24) is 46.3 Å². The van der Waals surface area contributed by atoms with E-state index in [1.165, 1.54) is 11.3 Å². The molecule has 1 saturated heterocycles. The molecule has 3 aliphatic rings. The van der Waals surface area contributed by atoms with Gasteiger partial charge in [-0.1, -0.05) is 115 Å². The maximum absolute atomic E-state index is 15.1. The molecule has 28 heteroatoms. The number of amides is 8. The summed E-state index contributed by atoms with van der Waals surface area (Å²) in [6.45, 7) is 18.9. The molecule has 600 valence electrons. The lowest BCUT2D eigenvalue weighted by molar-refractivity contribution is -0.147. The maximum atomic E-state index is 15.1. The van der Waals surface area contributed by atoms with Crippen LogP contribution < -0.4 is 31.9 Å². The summed E-state index contributed by atoms with van der Waals surface area (Å²) >= 11 is 1.27. The molecule has 27 nitrogen and oxygen atoms in total. The molecule has 0 unspecified atom stereocenters. The van der Waals surface area contributed by atoms with Gasteiger partial charge in [0.25, 0.3) is 5.91 Å². The zero-order chi connectivity index (χ0) is 79.3. The molecule has 0 radical (unpaired) electrons. The molecule has 1 fully saturated rings. The van der Waals surface area contributed by atoms with E-state index in [1.807, 2.05) is 63.1 Å². The summed E-state index contributed by atoms with van der Waals surface area (Å²) in [4.78, 5) is 143. The average Bonchev–Trinajstić information content (AvgIpc) is 1.73. The number of rotatable bonds is 50. The summed E-state index contributed by atoms with van der Waals surface area (Å²) < 4.78 is 28.6. The Bertz CT molecular complexity index is 3590. The first kappa shape index (κ1) is 89.5. The van der Waals surface area contributed by atoms with Crippen molar-refractivity contribution in [2.24, 2.45) is 17.3 Å². The van der Waals surface area contributed by atoms with Crippen molar-refractivity contribution >= 4 is 76.2 Å². The number of aliphatic carboxylic acids is 2. The highest BCUT2D eigenvalue weighted by Crippen LogP contribution is 2.34. The van der Waals surface area contributed by atoms with Gasteiger partial charge in [0.1, 0.15) is 28.9 Å². The lowest BCUT2D eigenvalue weighted by atomic mass is 9.84. The van der Waals surface area contributed by atoms with Crippen LogP contribution in [0.1, 0.15) is 203 Å². The van der Waals surface area contributed by atoms with Crippen LogP contribution in [0.2, 0.25) is 0 Å². The number of hydrogen-bond donors (Lipinski definition) is 8. The number of carboxylic acids is 2. The van der Waals surface area contributed by atoms with Gasteiger partial charge in [0.15, 0.2) is 0 Å². The highest BCUT2D eigenvalue weighted by molar-refractivity contribution is 7.09. The summed E-state index contributed by atoms with van der Waals surface area (Å²) in [5.74, 6) is 0.956. The number of anilines is 1. The summed E-state index contributed by atoms with van der Waals surface area (Å²) in [6, 6.07) is 11.1. The fraction of sp³-hybridized carbons (Fsp3) is 0.617. The molecular weight excluding hydrogens is 1420 g/mol. The molecule has 6 rings (SSSR count). The van der Waals surface area contributed by atoms with Crippen molar-refractivity contribution in [3.05, 3.63) is 105 Å². The van der Waals surface area contributed by atoms with Crippen molar-refractivity contribution < 1.29 is 81.8 Å². The first-order valence-corrected chi connectivity index (χ1v) is 39.7. The van der Waals surface area contributed by atoms with E-state index in [0.29, 0.717) is 61.8 Å². The van der Waals surface area contributed by atoms with Gasteiger partial charge >= 0.3 is 11.9 Å². The number of thiazole rings is 1. The van der Waals surface area contributed by atoms with Gasteiger partial charge in [0.2, 0.25) is 41.4 Å². The van der Waals surface area contributed by atoms with E-state index in [-0.39, 0.29) is 145 Å². The van der Waals surface area contributed by atoms with E-state index in [1.54, 1.807) is 48.4 Å². The Kier molecular flexibility index (Phi) is 39.1. The van der Waals surface area contributed by atoms with Crippen LogP contribution in [0.5, 0.6) is 0 Å². The number of carbonyl (C=O) groups excluding carboxylic acids is 8. The van der Waals surface area contributed by atoms with Crippen LogP contribution in [0.15, 0.2) is 77.3 Å². The SMILES string of the molecule is CCCCCCN(C(=O)[C@@H](NC(=O)[C@H]1CCCCN1C)[C@@H](C)CC)[C@H](C[C@@H](OCC)c1nc(C(=O)N[C@@H](Cc2ccc(NC(=O)CNC(=O)[C@H](CCC(=O)O)NC(=O)CCOCCOCCOCCOCCNC(=O)CCC(=O)N3Cc4ccccc4C#CC4=C3CCC=C4)cc2)CC(C)(C)C(=O)O)cs1)C(C)C. The van der Waals surface area contributed by atoms with Crippen molar-refractivity contribution in [3.63, 3.8) is 0 Å². The number of ether oxygens (including phenoxy) is 5. The van der Waals surface area contributed by atoms with Gasteiger partial charge in [-0.2, -0.15) is 0 Å². The van der Waals surface area contributed by atoms with Crippen molar-refractivity contribution in [2.45, 2.75) is 214 Å². The Labute approximate surface area is 646 Å². The Morgan fingerprint density at radius 3 is 2.15 bits per heavy atom. The van der Waals surface area contributed by atoms with Gasteiger partial charge in [-0.3, -0.25) is 52.8 Å². The highest BCUT2D eigenvalue weighted by Gasteiger charge is 2.39. The van der Waals surface area contributed by atoms with Crippen LogP contribution in [0.25, 0.3) is 0 Å². The topological polar surface area (TPSA) is 352 Å². The van der Waals surface area contributed by atoms with Crippen LogP contribution in [0.4, 0.5) is 5.69 Å². The predicted octanol–water partition coefficient (Wildman–Crippen LogP) is 8.66. The number of unbranched alkanes of at least 4 members (excludes halogenated alkanes) is 3. The number of hydrogen-bond acceptors (Lipinski definition) is 18. The van der Waals surface area contributed by atoms with E-state index in [2.05, 4.69) is 75.5 Å². The molecule has 0 spiro atoms. The second-order valence-corrected chi connectivity index (χ2v) is 29.9. The molecule has 8 N–H and O–H groups in total. The molecule has 2 aliphatic heterocycles. The standard InChI is InChI=1S/C81H118N10O17S/c1-10-13-14-20-40-90(79(101)74(56(6)11-2)88-77(100)66-26-19-21-39-89(66)9)67(55(4)5)50-68(108-12-3)78-87-64(54-109-78)76(99)85-62(51-81(7,8)80(102)103)49-57-27-31-61(32-28-57)84-71(94)52-83-75(98)63(33-36-73(96)97)86-70(93)37-41-104-43-45-106-47-48-107-46-44-105-42-38-82-69(92)34-35-72(95)91-53-60-24-16-15-22-58(60)29-30-59-23-17-18-25-65(59)91/h15-17,22-24,27-28,31-32,54-56,62-63,66-68,74H,10-14,18-21,25-26,33-53H2,1-9H3,(H,82,92)(H,83,98)(H,84,94)(H,85,99)(H,86,93)(H,88,100)(H,96,97)(H,102,103)/t56-,62-,63-,66+,67+,68+,74-/m0/s1. The second-order valence-electron chi connectivity index (χ2n) is 29.0. The fourth-order valence-electron chi connectivity index (χ4n) is 13.2. The molecule has 7 atom stereocenters. The largest absolute Gasteiger partial charge is 0.481 e. The van der Waals surface area contributed by atoms with Crippen LogP contribution in [0.3, 0.4) is 0 Å². The van der Waals surface area contributed by atoms with Gasteiger partial charge < -0.3 is 75.6 Å². The van der Waals surface area contributed by atoms with Gasteiger partial charge in [-0.15, -0.1) is 11.3 Å².